The van der Waals surface area contributed by atoms with Crippen molar-refractivity contribution in [1.82, 2.24) is 19.4 Å². The summed E-state index contributed by atoms with van der Waals surface area (Å²) < 4.78 is 28.9. The second-order valence-electron chi connectivity index (χ2n) is 4.93. The highest BCUT2D eigenvalue weighted by Gasteiger charge is 2.26. The van der Waals surface area contributed by atoms with Crippen LogP contribution in [-0.4, -0.2) is 48.8 Å². The quantitative estimate of drug-likeness (QED) is 0.756. The average Bonchev–Trinajstić information content (AvgIpc) is 2.59. The van der Waals surface area contributed by atoms with Gasteiger partial charge in [0, 0.05) is 19.6 Å². The summed E-state index contributed by atoms with van der Waals surface area (Å²) in [4.78, 5) is 2.23. The third-order valence-electron chi connectivity index (χ3n) is 3.36. The van der Waals surface area contributed by atoms with Crippen molar-refractivity contribution in [3.05, 3.63) is 5.69 Å². The van der Waals surface area contributed by atoms with Crippen LogP contribution in [0.2, 0.25) is 0 Å². The predicted molar refractivity (Wildman–Crippen MR) is 79.9 cm³/mol. The normalized spacial score (nSPS) is 13.9. The van der Waals surface area contributed by atoms with Gasteiger partial charge in [0.2, 0.25) is 10.0 Å². The van der Waals surface area contributed by atoms with Gasteiger partial charge in [0.1, 0.15) is 4.90 Å². The van der Waals surface area contributed by atoms with Crippen LogP contribution < -0.4 is 10.5 Å². The van der Waals surface area contributed by atoms with Gasteiger partial charge < -0.3 is 10.6 Å². The van der Waals surface area contributed by atoms with Crippen molar-refractivity contribution >= 4 is 15.8 Å². The molecule has 0 aromatic carbocycles. The van der Waals surface area contributed by atoms with Gasteiger partial charge in [-0.25, -0.2) is 13.1 Å². The highest BCUT2D eigenvalue weighted by Crippen LogP contribution is 2.21. The first-order valence-electron chi connectivity index (χ1n) is 6.76. The molecule has 7 nitrogen and oxygen atoms in total. The van der Waals surface area contributed by atoms with Crippen LogP contribution in [0.5, 0.6) is 0 Å². The smallest absolute Gasteiger partial charge is 0.246 e. The molecular formula is C12H25N5O2S. The second-order valence-corrected chi connectivity index (χ2v) is 6.58. The molecule has 0 aliphatic rings. The van der Waals surface area contributed by atoms with Gasteiger partial charge in [-0.1, -0.05) is 13.8 Å². The summed E-state index contributed by atoms with van der Waals surface area (Å²) in [7, 11) is -1.98. The molecule has 1 rings (SSSR count). The predicted octanol–water partition coefficient (Wildman–Crippen LogP) is 0.319. The molecule has 1 heterocycles. The molecule has 1 aromatic rings. The lowest BCUT2D eigenvalue weighted by Gasteiger charge is -2.23. The number of nitrogens with zero attached hydrogens (tertiary/aromatic N) is 3. The van der Waals surface area contributed by atoms with Crippen molar-refractivity contribution < 1.29 is 8.42 Å². The molecule has 1 aromatic heterocycles. The minimum Gasteiger partial charge on any atom is -0.381 e. The van der Waals surface area contributed by atoms with Gasteiger partial charge in [0.05, 0.1) is 5.69 Å². The van der Waals surface area contributed by atoms with Crippen molar-refractivity contribution in [2.45, 2.75) is 38.6 Å². The molecule has 8 heteroatoms. The van der Waals surface area contributed by atoms with Gasteiger partial charge in [-0.2, -0.15) is 5.10 Å². The summed E-state index contributed by atoms with van der Waals surface area (Å²) in [5, 5.41) is 3.94. The Morgan fingerprint density at radius 2 is 1.95 bits per heavy atom. The van der Waals surface area contributed by atoms with E-state index < -0.39 is 10.0 Å². The first kappa shape index (κ1) is 16.9. The lowest BCUT2D eigenvalue weighted by atomic mass is 10.3. The van der Waals surface area contributed by atoms with E-state index in [-0.39, 0.29) is 16.8 Å². The van der Waals surface area contributed by atoms with E-state index in [1.54, 1.807) is 14.0 Å². The zero-order valence-corrected chi connectivity index (χ0v) is 13.7. The fourth-order valence-corrected chi connectivity index (χ4v) is 3.74. The Balaban J connectivity index is 2.90. The Hall–Kier alpha value is -1.12. The highest BCUT2D eigenvalue weighted by atomic mass is 32.2. The van der Waals surface area contributed by atoms with E-state index in [0.29, 0.717) is 12.2 Å². The number of likely N-dealkylation sites (N-methyl/N-ethyl adjacent to an activating group) is 1. The van der Waals surface area contributed by atoms with E-state index >= 15 is 0 Å². The van der Waals surface area contributed by atoms with Crippen molar-refractivity contribution in [2.24, 2.45) is 7.05 Å². The molecule has 0 saturated heterocycles. The second kappa shape index (κ2) is 6.55. The lowest BCUT2D eigenvalue weighted by molar-refractivity contribution is 0.282. The summed E-state index contributed by atoms with van der Waals surface area (Å²) in [6.45, 7) is 10.1. The maximum atomic E-state index is 12.4. The van der Waals surface area contributed by atoms with Gasteiger partial charge in [0.15, 0.2) is 5.82 Å². The van der Waals surface area contributed by atoms with Gasteiger partial charge in [-0.15, -0.1) is 0 Å². The molecule has 0 aliphatic carbocycles. The van der Waals surface area contributed by atoms with E-state index in [1.807, 2.05) is 20.8 Å². The molecule has 116 valence electrons. The molecule has 0 saturated carbocycles. The minimum absolute atomic E-state index is 0.0348. The van der Waals surface area contributed by atoms with Crippen molar-refractivity contribution in [2.75, 3.05) is 25.4 Å². The van der Waals surface area contributed by atoms with E-state index in [0.717, 1.165) is 13.1 Å². The number of sulfonamides is 1. The Bertz CT molecular complexity index is 548. The van der Waals surface area contributed by atoms with Crippen LogP contribution in [0.1, 0.15) is 26.5 Å². The van der Waals surface area contributed by atoms with Gasteiger partial charge in [-0.3, -0.25) is 4.68 Å². The number of nitrogen functional groups attached to an aromatic ring is 1. The highest BCUT2D eigenvalue weighted by molar-refractivity contribution is 7.89. The van der Waals surface area contributed by atoms with Crippen LogP contribution in [0.25, 0.3) is 0 Å². The van der Waals surface area contributed by atoms with Crippen molar-refractivity contribution in [3.8, 4) is 0 Å². The summed E-state index contributed by atoms with van der Waals surface area (Å²) >= 11 is 0. The number of aromatic nitrogens is 2. The number of hydrogen-bond acceptors (Lipinski definition) is 5. The molecule has 3 N–H and O–H groups in total. The van der Waals surface area contributed by atoms with Gasteiger partial charge in [0.25, 0.3) is 0 Å². The maximum Gasteiger partial charge on any atom is 0.246 e. The van der Waals surface area contributed by atoms with Crippen molar-refractivity contribution in [1.29, 1.82) is 0 Å². The SMILES string of the molecule is CCN(CC)CC(C)NS(=O)(=O)c1c(N)nn(C)c1C. The van der Waals surface area contributed by atoms with Gasteiger partial charge >= 0.3 is 0 Å². The summed E-state index contributed by atoms with van der Waals surface area (Å²) in [5.41, 5.74) is 6.23. The largest absolute Gasteiger partial charge is 0.381 e. The van der Waals surface area contributed by atoms with Crippen LogP contribution in [0.15, 0.2) is 4.90 Å². The van der Waals surface area contributed by atoms with Crippen LogP contribution in [0, 0.1) is 6.92 Å². The van der Waals surface area contributed by atoms with E-state index in [2.05, 4.69) is 14.7 Å². The van der Waals surface area contributed by atoms with Crippen molar-refractivity contribution in [3.63, 3.8) is 0 Å². The lowest BCUT2D eigenvalue weighted by Crippen LogP contribution is -2.42. The van der Waals surface area contributed by atoms with E-state index in [1.165, 1.54) is 4.68 Å². The topological polar surface area (TPSA) is 93.2 Å². The Morgan fingerprint density at radius 1 is 1.40 bits per heavy atom. The van der Waals surface area contributed by atoms with Crippen LogP contribution in [0.3, 0.4) is 0 Å². The number of rotatable bonds is 7. The number of nitrogens with one attached hydrogen (secondary N) is 1. The molecule has 0 radical (unpaired) electrons. The first-order chi connectivity index (χ1) is 9.22. The number of anilines is 1. The van der Waals surface area contributed by atoms with Gasteiger partial charge in [-0.05, 0) is 26.9 Å². The van der Waals surface area contributed by atoms with Crippen LogP contribution in [0.4, 0.5) is 5.82 Å². The summed E-state index contributed by atoms with van der Waals surface area (Å²) in [6.07, 6.45) is 0. The standard InChI is InChI=1S/C12H25N5O2S/c1-6-17(7-2)8-9(3)15-20(18,19)11-10(4)16(5)14-12(11)13/h9,15H,6-8H2,1-5H3,(H2,13,14). The summed E-state index contributed by atoms with van der Waals surface area (Å²) in [5.74, 6) is 0.0348. The first-order valence-corrected chi connectivity index (χ1v) is 8.25. The fraction of sp³-hybridized carbons (Fsp3) is 0.750. The van der Waals surface area contributed by atoms with E-state index in [9.17, 15) is 8.42 Å². The third kappa shape index (κ3) is 3.71. The Labute approximate surface area is 121 Å². The molecule has 0 bridgehead atoms. The molecule has 20 heavy (non-hydrogen) atoms. The molecule has 0 aliphatic heterocycles. The number of nitrogens with two attached hydrogens (primary N) is 1. The van der Waals surface area contributed by atoms with Crippen LogP contribution in [-0.2, 0) is 17.1 Å². The molecule has 1 atom stereocenters. The average molecular weight is 303 g/mol. The van der Waals surface area contributed by atoms with Crippen LogP contribution >= 0.6 is 0 Å². The number of hydrogen-bond donors (Lipinski definition) is 2. The molecule has 0 spiro atoms. The minimum atomic E-state index is -3.65. The molecule has 0 fully saturated rings. The fourth-order valence-electron chi connectivity index (χ4n) is 2.18. The number of aryl methyl sites for hydroxylation is 1. The summed E-state index contributed by atoms with van der Waals surface area (Å²) in [6, 6.07) is -0.195. The molecule has 1 unspecified atom stereocenters. The zero-order chi connectivity index (χ0) is 15.5. The Morgan fingerprint density at radius 3 is 2.35 bits per heavy atom. The monoisotopic (exact) mass is 303 g/mol. The maximum absolute atomic E-state index is 12.4. The molecular weight excluding hydrogens is 278 g/mol. The van der Waals surface area contributed by atoms with E-state index in [4.69, 9.17) is 5.73 Å². The zero-order valence-electron chi connectivity index (χ0n) is 12.8. The Kier molecular flexibility index (Phi) is 5.55. The third-order valence-corrected chi connectivity index (χ3v) is 5.11. The molecule has 0 amide bonds.